The van der Waals surface area contributed by atoms with Gasteiger partial charge in [-0.1, -0.05) is 52.7 Å². The first-order valence-electron chi connectivity index (χ1n) is 6.54. The molecule has 0 aromatic heterocycles. The third kappa shape index (κ3) is 3.75. The summed E-state index contributed by atoms with van der Waals surface area (Å²) >= 11 is 9.75. The Labute approximate surface area is 133 Å². The summed E-state index contributed by atoms with van der Waals surface area (Å²) in [5.74, 6) is 1.53. The van der Waals surface area contributed by atoms with Crippen LogP contribution in [0, 0.1) is 6.92 Å². The van der Waals surface area contributed by atoms with Crippen LogP contribution in [0.4, 0.5) is 0 Å². The normalized spacial score (nSPS) is 10.6. The second kappa shape index (κ2) is 7.11. The van der Waals surface area contributed by atoms with Crippen molar-refractivity contribution in [1.82, 2.24) is 5.32 Å². The van der Waals surface area contributed by atoms with E-state index in [1.807, 2.05) is 43.3 Å². The van der Waals surface area contributed by atoms with Gasteiger partial charge in [-0.25, -0.2) is 0 Å². The maximum absolute atomic E-state index is 6.29. The molecule has 0 radical (unpaired) electrons. The Morgan fingerprint density at radius 2 is 2.05 bits per heavy atom. The van der Waals surface area contributed by atoms with Gasteiger partial charge >= 0.3 is 0 Å². The summed E-state index contributed by atoms with van der Waals surface area (Å²) in [4.78, 5) is 0. The van der Waals surface area contributed by atoms with E-state index in [1.165, 1.54) is 0 Å². The quantitative estimate of drug-likeness (QED) is 0.785. The molecule has 0 aliphatic heterocycles. The van der Waals surface area contributed by atoms with Crippen LogP contribution in [0.2, 0.25) is 5.02 Å². The minimum atomic E-state index is 0.625. The highest BCUT2D eigenvalue weighted by Gasteiger charge is 2.11. The van der Waals surface area contributed by atoms with Gasteiger partial charge in [0.05, 0.1) is 5.02 Å². The van der Waals surface area contributed by atoms with Crippen LogP contribution in [0.15, 0.2) is 40.9 Å². The third-order valence-electron chi connectivity index (χ3n) is 2.98. The van der Waals surface area contributed by atoms with Gasteiger partial charge in [-0.3, -0.25) is 0 Å². The highest BCUT2D eigenvalue weighted by Crippen LogP contribution is 2.35. The van der Waals surface area contributed by atoms with Crippen molar-refractivity contribution in [2.24, 2.45) is 0 Å². The lowest BCUT2D eigenvalue weighted by Crippen LogP contribution is -2.12. The van der Waals surface area contributed by atoms with E-state index in [0.29, 0.717) is 5.02 Å². The third-order valence-corrected chi connectivity index (χ3v) is 3.77. The summed E-state index contributed by atoms with van der Waals surface area (Å²) in [5, 5.41) is 3.92. The minimum absolute atomic E-state index is 0.625. The predicted octanol–water partition coefficient (Wildman–Crippen LogP) is 5.31. The van der Waals surface area contributed by atoms with Crippen LogP contribution in [0.1, 0.15) is 18.1 Å². The Balaban J connectivity index is 2.34. The van der Waals surface area contributed by atoms with Crippen molar-refractivity contribution in [3.8, 4) is 11.5 Å². The van der Waals surface area contributed by atoms with Gasteiger partial charge in [0.2, 0.25) is 0 Å². The maximum Gasteiger partial charge on any atom is 0.150 e. The molecule has 106 valence electrons. The van der Waals surface area contributed by atoms with E-state index < -0.39 is 0 Å². The summed E-state index contributed by atoms with van der Waals surface area (Å²) in [5.41, 5.74) is 2.13. The molecule has 0 bridgehead atoms. The van der Waals surface area contributed by atoms with Crippen molar-refractivity contribution in [3.05, 3.63) is 57.0 Å². The van der Waals surface area contributed by atoms with Gasteiger partial charge < -0.3 is 10.1 Å². The van der Waals surface area contributed by atoms with Crippen molar-refractivity contribution in [1.29, 1.82) is 0 Å². The first-order valence-corrected chi connectivity index (χ1v) is 7.71. The van der Waals surface area contributed by atoms with Crippen molar-refractivity contribution < 1.29 is 4.74 Å². The highest BCUT2D eigenvalue weighted by atomic mass is 79.9. The lowest BCUT2D eigenvalue weighted by Gasteiger charge is -2.15. The molecule has 0 fully saturated rings. The number of hydrogen-bond donors (Lipinski definition) is 1. The zero-order chi connectivity index (χ0) is 14.5. The number of nitrogens with one attached hydrogen (secondary N) is 1. The minimum Gasteiger partial charge on any atom is -0.455 e. The molecule has 0 unspecified atom stereocenters. The monoisotopic (exact) mass is 353 g/mol. The molecule has 2 aromatic carbocycles. The lowest BCUT2D eigenvalue weighted by molar-refractivity contribution is 0.469. The summed E-state index contributed by atoms with van der Waals surface area (Å²) in [7, 11) is 0. The molecular formula is C16H17BrClNO. The van der Waals surface area contributed by atoms with Crippen LogP contribution in [0.3, 0.4) is 0 Å². The molecule has 0 saturated carbocycles. The summed E-state index contributed by atoms with van der Waals surface area (Å²) in [6, 6.07) is 11.8. The fourth-order valence-corrected chi connectivity index (χ4v) is 2.43. The van der Waals surface area contributed by atoms with Gasteiger partial charge in [-0.2, -0.15) is 0 Å². The van der Waals surface area contributed by atoms with E-state index >= 15 is 0 Å². The Morgan fingerprint density at radius 3 is 2.80 bits per heavy atom. The number of benzene rings is 2. The van der Waals surface area contributed by atoms with Crippen LogP contribution < -0.4 is 10.1 Å². The van der Waals surface area contributed by atoms with Gasteiger partial charge in [0, 0.05) is 16.6 Å². The van der Waals surface area contributed by atoms with E-state index in [2.05, 4.69) is 28.2 Å². The van der Waals surface area contributed by atoms with E-state index in [4.69, 9.17) is 16.3 Å². The fourth-order valence-electron chi connectivity index (χ4n) is 1.86. The molecule has 0 aliphatic rings. The second-order valence-electron chi connectivity index (χ2n) is 4.52. The number of ether oxygens (including phenoxy) is 1. The molecule has 1 N–H and O–H groups in total. The SMILES string of the molecule is CCNCc1cccc(Cl)c1Oc1cc(Br)ccc1C. The van der Waals surface area contributed by atoms with Crippen molar-refractivity contribution in [2.75, 3.05) is 6.54 Å². The smallest absolute Gasteiger partial charge is 0.150 e. The molecule has 0 heterocycles. The number of hydrogen-bond acceptors (Lipinski definition) is 2. The van der Waals surface area contributed by atoms with Crippen LogP contribution >= 0.6 is 27.5 Å². The summed E-state index contributed by atoms with van der Waals surface area (Å²) in [6.07, 6.45) is 0. The highest BCUT2D eigenvalue weighted by molar-refractivity contribution is 9.10. The zero-order valence-electron chi connectivity index (χ0n) is 11.5. The molecule has 2 nitrogen and oxygen atoms in total. The average molecular weight is 355 g/mol. The largest absolute Gasteiger partial charge is 0.455 e. The van der Waals surface area contributed by atoms with Crippen LogP contribution in [0.5, 0.6) is 11.5 Å². The molecule has 0 amide bonds. The second-order valence-corrected chi connectivity index (χ2v) is 5.84. The van der Waals surface area contributed by atoms with Crippen LogP contribution in [-0.2, 0) is 6.54 Å². The average Bonchev–Trinajstić information content (AvgIpc) is 2.43. The molecule has 2 aromatic rings. The Morgan fingerprint density at radius 1 is 1.25 bits per heavy atom. The van der Waals surface area contributed by atoms with Crippen LogP contribution in [-0.4, -0.2) is 6.54 Å². The first kappa shape index (κ1) is 15.4. The van der Waals surface area contributed by atoms with E-state index in [-0.39, 0.29) is 0 Å². The first-order chi connectivity index (χ1) is 9.61. The molecule has 0 spiro atoms. The number of halogens is 2. The van der Waals surface area contributed by atoms with Crippen molar-refractivity contribution in [3.63, 3.8) is 0 Å². The molecule has 4 heteroatoms. The molecule has 2 rings (SSSR count). The Kier molecular flexibility index (Phi) is 5.46. The molecule has 0 aliphatic carbocycles. The van der Waals surface area contributed by atoms with Gasteiger partial charge in [0.1, 0.15) is 5.75 Å². The maximum atomic E-state index is 6.29. The van der Waals surface area contributed by atoms with E-state index in [9.17, 15) is 0 Å². The lowest BCUT2D eigenvalue weighted by atomic mass is 10.2. The summed E-state index contributed by atoms with van der Waals surface area (Å²) < 4.78 is 7.03. The van der Waals surface area contributed by atoms with E-state index in [0.717, 1.165) is 40.2 Å². The predicted molar refractivity (Wildman–Crippen MR) is 87.8 cm³/mol. The summed E-state index contributed by atoms with van der Waals surface area (Å²) in [6.45, 7) is 5.73. The fraction of sp³-hybridized carbons (Fsp3) is 0.250. The molecule has 20 heavy (non-hydrogen) atoms. The zero-order valence-corrected chi connectivity index (χ0v) is 13.9. The Bertz CT molecular complexity index is 601. The Hall–Kier alpha value is -1.03. The topological polar surface area (TPSA) is 21.3 Å². The van der Waals surface area contributed by atoms with Gasteiger partial charge in [0.15, 0.2) is 5.75 Å². The van der Waals surface area contributed by atoms with Crippen LogP contribution in [0.25, 0.3) is 0 Å². The number of para-hydroxylation sites is 1. The van der Waals surface area contributed by atoms with Gasteiger partial charge in [-0.05, 0) is 37.2 Å². The van der Waals surface area contributed by atoms with Gasteiger partial charge in [0.25, 0.3) is 0 Å². The number of aryl methyl sites for hydroxylation is 1. The van der Waals surface area contributed by atoms with E-state index in [1.54, 1.807) is 0 Å². The van der Waals surface area contributed by atoms with Crippen molar-refractivity contribution in [2.45, 2.75) is 20.4 Å². The van der Waals surface area contributed by atoms with Gasteiger partial charge in [-0.15, -0.1) is 0 Å². The standard InChI is InChI=1S/C16H17BrClNO/c1-3-19-10-12-5-4-6-14(18)16(12)20-15-9-13(17)8-7-11(15)2/h4-9,19H,3,10H2,1-2H3. The molecular weight excluding hydrogens is 338 g/mol. The molecule has 0 atom stereocenters. The van der Waals surface area contributed by atoms with Crippen molar-refractivity contribution >= 4 is 27.5 Å². The molecule has 0 saturated heterocycles. The number of rotatable bonds is 5.